The van der Waals surface area contributed by atoms with Crippen LogP contribution in [0, 0.1) is 6.92 Å². The van der Waals surface area contributed by atoms with Crippen LogP contribution in [-0.4, -0.2) is 9.97 Å². The van der Waals surface area contributed by atoms with Crippen molar-refractivity contribution >= 4 is 10.9 Å². The zero-order valence-corrected chi connectivity index (χ0v) is 17.8. The van der Waals surface area contributed by atoms with Crippen molar-refractivity contribution in [1.29, 1.82) is 0 Å². The smallest absolute Gasteiger partial charge is 0.264 e. The molecule has 0 N–H and O–H groups in total. The lowest BCUT2D eigenvalue weighted by Gasteiger charge is -2.12. The number of halogens is 3. The monoisotopic (exact) mass is 440 g/mol. The van der Waals surface area contributed by atoms with Gasteiger partial charge in [0.15, 0.2) is 0 Å². The molecule has 0 saturated carbocycles. The van der Waals surface area contributed by atoms with Gasteiger partial charge < -0.3 is 0 Å². The standard InChI is InChI=1S/C28H19F3N2/c1-18-11-24(14-26(12-18)28(29,30)31)21-8-9-22-13-25(17-33-27(22)15-21)20-6-4-19(5-7-20)23-3-2-10-32-16-23/h2-17H,1H3. The number of fused-ring (bicyclic) bond motifs is 1. The van der Waals surface area contributed by atoms with E-state index in [1.54, 1.807) is 25.4 Å². The summed E-state index contributed by atoms with van der Waals surface area (Å²) in [6.07, 6.45) is 0.994. The first kappa shape index (κ1) is 20.9. The van der Waals surface area contributed by atoms with Crippen molar-refractivity contribution in [1.82, 2.24) is 9.97 Å². The molecule has 0 bridgehead atoms. The lowest BCUT2D eigenvalue weighted by atomic mass is 9.97. The average molecular weight is 440 g/mol. The number of aromatic nitrogens is 2. The van der Waals surface area contributed by atoms with Gasteiger partial charge in [0.2, 0.25) is 0 Å². The number of hydrogen-bond acceptors (Lipinski definition) is 2. The molecule has 0 aliphatic heterocycles. The van der Waals surface area contributed by atoms with E-state index in [2.05, 4.69) is 22.1 Å². The largest absolute Gasteiger partial charge is 0.416 e. The van der Waals surface area contributed by atoms with E-state index in [0.717, 1.165) is 39.2 Å². The molecule has 2 aromatic heterocycles. The van der Waals surface area contributed by atoms with Gasteiger partial charge in [0.25, 0.3) is 0 Å². The van der Waals surface area contributed by atoms with E-state index in [0.29, 0.717) is 16.7 Å². The highest BCUT2D eigenvalue weighted by Gasteiger charge is 2.31. The summed E-state index contributed by atoms with van der Waals surface area (Å²) in [5.41, 5.74) is 6.04. The SMILES string of the molecule is Cc1cc(-c2ccc3cc(-c4ccc(-c5cccnc5)cc4)cnc3c2)cc(C(F)(F)F)c1. The molecule has 0 aliphatic rings. The van der Waals surface area contributed by atoms with Crippen LogP contribution in [0.15, 0.2) is 97.5 Å². The van der Waals surface area contributed by atoms with E-state index >= 15 is 0 Å². The predicted molar refractivity (Wildman–Crippen MR) is 126 cm³/mol. The summed E-state index contributed by atoms with van der Waals surface area (Å²) in [7, 11) is 0. The molecule has 2 nitrogen and oxygen atoms in total. The van der Waals surface area contributed by atoms with Crippen molar-refractivity contribution in [3.05, 3.63) is 109 Å². The van der Waals surface area contributed by atoms with E-state index in [9.17, 15) is 13.2 Å². The Balaban J connectivity index is 1.47. The third kappa shape index (κ3) is 4.35. The summed E-state index contributed by atoms with van der Waals surface area (Å²) < 4.78 is 39.7. The number of benzene rings is 3. The molecule has 0 unspecified atom stereocenters. The highest BCUT2D eigenvalue weighted by molar-refractivity contribution is 5.87. The van der Waals surface area contributed by atoms with Gasteiger partial charge in [0, 0.05) is 29.5 Å². The summed E-state index contributed by atoms with van der Waals surface area (Å²) in [4.78, 5) is 8.75. The Morgan fingerprint density at radius 3 is 2.06 bits per heavy atom. The summed E-state index contributed by atoms with van der Waals surface area (Å²) in [5.74, 6) is 0. The van der Waals surface area contributed by atoms with Crippen molar-refractivity contribution in [2.24, 2.45) is 0 Å². The predicted octanol–water partition coefficient (Wildman–Crippen LogP) is 7.96. The van der Waals surface area contributed by atoms with Gasteiger partial charge in [-0.1, -0.05) is 48.5 Å². The van der Waals surface area contributed by atoms with Gasteiger partial charge >= 0.3 is 6.18 Å². The van der Waals surface area contributed by atoms with Crippen molar-refractivity contribution in [2.45, 2.75) is 13.1 Å². The van der Waals surface area contributed by atoms with Crippen LogP contribution in [0.1, 0.15) is 11.1 Å². The molecule has 0 radical (unpaired) electrons. The molecule has 0 atom stereocenters. The first-order valence-corrected chi connectivity index (χ1v) is 10.5. The fourth-order valence-corrected chi connectivity index (χ4v) is 3.96. The summed E-state index contributed by atoms with van der Waals surface area (Å²) in [6, 6.07) is 23.8. The molecule has 33 heavy (non-hydrogen) atoms. The molecule has 0 spiro atoms. The van der Waals surface area contributed by atoms with Crippen molar-refractivity contribution < 1.29 is 13.2 Å². The van der Waals surface area contributed by atoms with Crippen molar-refractivity contribution in [3.8, 4) is 33.4 Å². The molecule has 0 fully saturated rings. The first-order chi connectivity index (χ1) is 15.9. The van der Waals surface area contributed by atoms with Crippen molar-refractivity contribution in [2.75, 3.05) is 0 Å². The van der Waals surface area contributed by atoms with Crippen LogP contribution < -0.4 is 0 Å². The molecule has 3 aromatic carbocycles. The number of alkyl halides is 3. The van der Waals surface area contributed by atoms with Gasteiger partial charge in [0.05, 0.1) is 11.1 Å². The van der Waals surface area contributed by atoms with E-state index in [-0.39, 0.29) is 0 Å². The molecule has 0 amide bonds. The second-order valence-electron chi connectivity index (χ2n) is 8.04. The lowest BCUT2D eigenvalue weighted by molar-refractivity contribution is -0.137. The molecular weight excluding hydrogens is 421 g/mol. The normalized spacial score (nSPS) is 11.6. The summed E-state index contributed by atoms with van der Waals surface area (Å²) in [6.45, 7) is 1.67. The number of rotatable bonds is 3. The van der Waals surface area contributed by atoms with E-state index in [4.69, 9.17) is 0 Å². The number of pyridine rings is 2. The third-order valence-corrected chi connectivity index (χ3v) is 5.64. The van der Waals surface area contributed by atoms with E-state index in [1.165, 1.54) is 6.07 Å². The fraction of sp³-hybridized carbons (Fsp3) is 0.0714. The second kappa shape index (κ2) is 8.17. The van der Waals surface area contributed by atoms with E-state index in [1.807, 2.05) is 54.7 Å². The first-order valence-electron chi connectivity index (χ1n) is 10.5. The molecule has 5 rings (SSSR count). The van der Waals surface area contributed by atoms with Gasteiger partial charge in [0.1, 0.15) is 0 Å². The maximum absolute atomic E-state index is 13.2. The Bertz CT molecular complexity index is 1440. The fourth-order valence-electron chi connectivity index (χ4n) is 3.96. The highest BCUT2D eigenvalue weighted by Crippen LogP contribution is 2.34. The Labute approximate surface area is 189 Å². The third-order valence-electron chi connectivity index (χ3n) is 5.64. The van der Waals surface area contributed by atoms with Crippen LogP contribution in [0.3, 0.4) is 0 Å². The number of aryl methyl sites for hydroxylation is 1. The summed E-state index contributed by atoms with van der Waals surface area (Å²) >= 11 is 0. The minimum atomic E-state index is -4.38. The minimum Gasteiger partial charge on any atom is -0.264 e. The minimum absolute atomic E-state index is 0.529. The van der Waals surface area contributed by atoms with Crippen LogP contribution in [-0.2, 0) is 6.18 Å². The quantitative estimate of drug-likeness (QED) is 0.284. The van der Waals surface area contributed by atoms with Gasteiger partial charge in [-0.15, -0.1) is 0 Å². The molecule has 2 heterocycles. The molecule has 0 saturated heterocycles. The Morgan fingerprint density at radius 2 is 1.36 bits per heavy atom. The molecule has 162 valence electrons. The van der Waals surface area contributed by atoms with Crippen LogP contribution in [0.25, 0.3) is 44.3 Å². The molecular formula is C28H19F3N2. The van der Waals surface area contributed by atoms with Gasteiger partial charge in [-0.3, -0.25) is 9.97 Å². The topological polar surface area (TPSA) is 25.8 Å². The molecule has 5 heteroatoms. The average Bonchev–Trinajstić information content (AvgIpc) is 2.83. The van der Waals surface area contributed by atoms with Gasteiger partial charge in [-0.05, 0) is 70.6 Å². The zero-order chi connectivity index (χ0) is 23.0. The summed E-state index contributed by atoms with van der Waals surface area (Å²) in [5, 5.41) is 0.927. The van der Waals surface area contributed by atoms with Crippen LogP contribution >= 0.6 is 0 Å². The second-order valence-corrected chi connectivity index (χ2v) is 8.04. The number of hydrogen-bond donors (Lipinski definition) is 0. The highest BCUT2D eigenvalue weighted by atomic mass is 19.4. The van der Waals surface area contributed by atoms with Crippen LogP contribution in [0.2, 0.25) is 0 Å². The maximum Gasteiger partial charge on any atom is 0.416 e. The van der Waals surface area contributed by atoms with Gasteiger partial charge in [-0.2, -0.15) is 13.2 Å². The van der Waals surface area contributed by atoms with E-state index < -0.39 is 11.7 Å². The molecule has 5 aromatic rings. The maximum atomic E-state index is 13.2. The zero-order valence-electron chi connectivity index (χ0n) is 17.8. The Morgan fingerprint density at radius 1 is 0.636 bits per heavy atom. The molecule has 0 aliphatic carbocycles. The Hall–Kier alpha value is -3.99. The van der Waals surface area contributed by atoms with Gasteiger partial charge in [-0.25, -0.2) is 0 Å². The van der Waals surface area contributed by atoms with Crippen LogP contribution in [0.5, 0.6) is 0 Å². The Kier molecular flexibility index (Phi) is 5.17. The lowest BCUT2D eigenvalue weighted by Crippen LogP contribution is -2.05. The van der Waals surface area contributed by atoms with Crippen LogP contribution in [0.4, 0.5) is 13.2 Å². The van der Waals surface area contributed by atoms with Crippen molar-refractivity contribution in [3.63, 3.8) is 0 Å². The number of nitrogens with zero attached hydrogens (tertiary/aromatic N) is 2.